The maximum atomic E-state index is 5.64. The van der Waals surface area contributed by atoms with Gasteiger partial charge in [0.1, 0.15) is 5.82 Å². The summed E-state index contributed by atoms with van der Waals surface area (Å²) in [6.45, 7) is 0.687. The lowest BCUT2D eigenvalue weighted by Crippen LogP contribution is -2.06. The minimum Gasteiger partial charge on any atom is -0.399 e. The van der Waals surface area contributed by atoms with Gasteiger partial charge in [-0.15, -0.1) is 0 Å². The fourth-order valence-electron chi connectivity index (χ4n) is 1.30. The van der Waals surface area contributed by atoms with Gasteiger partial charge in [0.15, 0.2) is 0 Å². The molecule has 0 amide bonds. The Morgan fingerprint density at radius 1 is 1.40 bits per heavy atom. The van der Waals surface area contributed by atoms with Crippen LogP contribution in [-0.2, 0) is 13.6 Å². The third kappa shape index (κ3) is 2.25. The molecule has 5 heteroatoms. The predicted molar refractivity (Wildman–Crippen MR) is 59.2 cm³/mol. The Hall–Kier alpha value is -2.04. The third-order valence-corrected chi connectivity index (χ3v) is 2.16. The lowest BCUT2D eigenvalue weighted by atomic mass is 10.4. The first kappa shape index (κ1) is 9.51. The van der Waals surface area contributed by atoms with Crippen molar-refractivity contribution in [3.05, 3.63) is 36.3 Å². The van der Waals surface area contributed by atoms with E-state index in [4.69, 9.17) is 5.73 Å². The van der Waals surface area contributed by atoms with Crippen molar-refractivity contribution in [2.45, 2.75) is 6.54 Å². The second-order valence-corrected chi connectivity index (χ2v) is 3.27. The molecule has 2 aromatic heterocycles. The molecular weight excluding hydrogens is 190 g/mol. The van der Waals surface area contributed by atoms with Gasteiger partial charge in [-0.2, -0.15) is 5.10 Å². The Morgan fingerprint density at radius 2 is 2.27 bits per heavy atom. The summed E-state index contributed by atoms with van der Waals surface area (Å²) in [5.74, 6) is 0.774. The summed E-state index contributed by atoms with van der Waals surface area (Å²) in [6.07, 6.45) is 3.45. The van der Waals surface area contributed by atoms with E-state index in [1.165, 1.54) is 0 Å². The number of anilines is 2. The molecule has 0 aliphatic heterocycles. The largest absolute Gasteiger partial charge is 0.399 e. The number of nitrogens with one attached hydrogen (secondary N) is 1. The highest BCUT2D eigenvalue weighted by Crippen LogP contribution is 2.09. The van der Waals surface area contributed by atoms with E-state index in [-0.39, 0.29) is 0 Å². The highest BCUT2D eigenvalue weighted by Gasteiger charge is 1.98. The molecule has 0 radical (unpaired) electrons. The number of nitrogen functional groups attached to an aromatic ring is 1. The van der Waals surface area contributed by atoms with Crippen LogP contribution in [0.5, 0.6) is 0 Å². The van der Waals surface area contributed by atoms with Gasteiger partial charge in [-0.25, -0.2) is 4.98 Å². The Labute approximate surface area is 87.9 Å². The zero-order valence-corrected chi connectivity index (χ0v) is 8.51. The number of aromatic nitrogens is 3. The van der Waals surface area contributed by atoms with Gasteiger partial charge in [0.05, 0.1) is 12.2 Å². The minimum absolute atomic E-state index is 0.687. The summed E-state index contributed by atoms with van der Waals surface area (Å²) < 4.78 is 1.82. The fraction of sp³-hybridized carbons (Fsp3) is 0.200. The SMILES string of the molecule is Cn1nccc1CNc1cc(N)ccn1. The van der Waals surface area contributed by atoms with E-state index in [1.54, 1.807) is 24.5 Å². The summed E-state index contributed by atoms with van der Waals surface area (Å²) >= 11 is 0. The van der Waals surface area contributed by atoms with Gasteiger partial charge in [-0.3, -0.25) is 4.68 Å². The Morgan fingerprint density at radius 3 is 2.93 bits per heavy atom. The Balaban J connectivity index is 2.02. The molecule has 3 N–H and O–H groups in total. The van der Waals surface area contributed by atoms with Crippen LogP contribution >= 0.6 is 0 Å². The molecule has 0 atom stereocenters. The summed E-state index contributed by atoms with van der Waals surface area (Å²) in [7, 11) is 1.91. The molecule has 0 spiro atoms. The average Bonchev–Trinajstić information content (AvgIpc) is 2.61. The van der Waals surface area contributed by atoms with Gasteiger partial charge in [-0.1, -0.05) is 0 Å². The maximum absolute atomic E-state index is 5.64. The fourth-order valence-corrected chi connectivity index (χ4v) is 1.30. The van der Waals surface area contributed by atoms with E-state index >= 15 is 0 Å². The van der Waals surface area contributed by atoms with Crippen LogP contribution in [0.15, 0.2) is 30.6 Å². The summed E-state index contributed by atoms with van der Waals surface area (Å²) in [6, 6.07) is 5.52. The van der Waals surface area contributed by atoms with E-state index in [2.05, 4.69) is 15.4 Å². The van der Waals surface area contributed by atoms with Crippen molar-refractivity contribution in [2.24, 2.45) is 7.05 Å². The maximum Gasteiger partial charge on any atom is 0.128 e. The topological polar surface area (TPSA) is 68.8 Å². The van der Waals surface area contributed by atoms with Crippen molar-refractivity contribution in [1.29, 1.82) is 0 Å². The van der Waals surface area contributed by atoms with Crippen molar-refractivity contribution < 1.29 is 0 Å². The first-order valence-corrected chi connectivity index (χ1v) is 4.68. The number of nitrogens with zero attached hydrogens (tertiary/aromatic N) is 3. The third-order valence-electron chi connectivity index (χ3n) is 2.16. The molecular formula is C10H13N5. The van der Waals surface area contributed by atoms with Crippen molar-refractivity contribution in [3.8, 4) is 0 Å². The molecule has 0 saturated carbocycles. The Bertz CT molecular complexity index is 449. The molecule has 0 fully saturated rings. The van der Waals surface area contributed by atoms with Crippen LogP contribution in [0.25, 0.3) is 0 Å². The summed E-state index contributed by atoms with van der Waals surface area (Å²) in [5.41, 5.74) is 7.44. The lowest BCUT2D eigenvalue weighted by Gasteiger charge is -2.05. The van der Waals surface area contributed by atoms with E-state index in [0.717, 1.165) is 11.5 Å². The molecule has 0 bridgehead atoms. The van der Waals surface area contributed by atoms with Crippen LogP contribution in [-0.4, -0.2) is 14.8 Å². The molecule has 0 aromatic carbocycles. The van der Waals surface area contributed by atoms with E-state index < -0.39 is 0 Å². The van der Waals surface area contributed by atoms with Crippen LogP contribution in [0.3, 0.4) is 0 Å². The van der Waals surface area contributed by atoms with Gasteiger partial charge in [-0.05, 0) is 12.1 Å². The molecule has 2 heterocycles. The van der Waals surface area contributed by atoms with Gasteiger partial charge >= 0.3 is 0 Å². The van der Waals surface area contributed by atoms with Crippen molar-refractivity contribution in [2.75, 3.05) is 11.1 Å². The first-order valence-electron chi connectivity index (χ1n) is 4.68. The van der Waals surface area contributed by atoms with Gasteiger partial charge < -0.3 is 11.1 Å². The number of pyridine rings is 1. The summed E-state index contributed by atoms with van der Waals surface area (Å²) in [4.78, 5) is 4.15. The minimum atomic E-state index is 0.687. The van der Waals surface area contributed by atoms with Crippen molar-refractivity contribution >= 4 is 11.5 Å². The monoisotopic (exact) mass is 203 g/mol. The van der Waals surface area contributed by atoms with Crippen LogP contribution < -0.4 is 11.1 Å². The number of hydrogen-bond acceptors (Lipinski definition) is 4. The molecule has 5 nitrogen and oxygen atoms in total. The van der Waals surface area contributed by atoms with Crippen molar-refractivity contribution in [1.82, 2.24) is 14.8 Å². The molecule has 78 valence electrons. The summed E-state index contributed by atoms with van der Waals surface area (Å²) in [5, 5.41) is 7.25. The normalized spacial score (nSPS) is 10.2. The van der Waals surface area contributed by atoms with Gasteiger partial charge in [0.25, 0.3) is 0 Å². The molecule has 0 aliphatic carbocycles. The average molecular weight is 203 g/mol. The zero-order chi connectivity index (χ0) is 10.7. The zero-order valence-electron chi connectivity index (χ0n) is 8.51. The van der Waals surface area contributed by atoms with E-state index in [9.17, 15) is 0 Å². The number of aryl methyl sites for hydroxylation is 1. The quantitative estimate of drug-likeness (QED) is 0.781. The van der Waals surface area contributed by atoms with E-state index in [0.29, 0.717) is 12.2 Å². The van der Waals surface area contributed by atoms with Crippen LogP contribution in [0.4, 0.5) is 11.5 Å². The first-order chi connectivity index (χ1) is 7.25. The van der Waals surface area contributed by atoms with Crippen LogP contribution in [0.2, 0.25) is 0 Å². The van der Waals surface area contributed by atoms with Gasteiger partial charge in [0, 0.05) is 31.2 Å². The second-order valence-electron chi connectivity index (χ2n) is 3.27. The molecule has 0 aliphatic rings. The number of rotatable bonds is 3. The van der Waals surface area contributed by atoms with Crippen LogP contribution in [0, 0.1) is 0 Å². The smallest absolute Gasteiger partial charge is 0.128 e. The lowest BCUT2D eigenvalue weighted by molar-refractivity contribution is 0.720. The molecule has 0 unspecified atom stereocenters. The molecule has 15 heavy (non-hydrogen) atoms. The number of nitrogens with two attached hydrogens (primary N) is 1. The Kier molecular flexibility index (Phi) is 2.53. The van der Waals surface area contributed by atoms with Crippen molar-refractivity contribution in [3.63, 3.8) is 0 Å². The highest BCUT2D eigenvalue weighted by molar-refractivity contribution is 5.48. The molecule has 2 aromatic rings. The van der Waals surface area contributed by atoms with Gasteiger partial charge in [0.2, 0.25) is 0 Å². The predicted octanol–water partition coefficient (Wildman–Crippen LogP) is 1.01. The standard InChI is InChI=1S/C10H13N5/c1-15-9(3-5-14-15)7-13-10-6-8(11)2-4-12-10/h2-6H,7H2,1H3,(H3,11,12,13). The molecule has 0 saturated heterocycles. The molecule has 2 rings (SSSR count). The highest BCUT2D eigenvalue weighted by atomic mass is 15.3. The van der Waals surface area contributed by atoms with Crippen LogP contribution in [0.1, 0.15) is 5.69 Å². The number of hydrogen-bond donors (Lipinski definition) is 2. The second kappa shape index (κ2) is 4.00. The van der Waals surface area contributed by atoms with E-state index in [1.807, 2.05) is 17.8 Å².